The number of ether oxygens (including phenoxy) is 2. The van der Waals surface area contributed by atoms with Crippen molar-refractivity contribution < 1.29 is 9.47 Å². The summed E-state index contributed by atoms with van der Waals surface area (Å²) in [7, 11) is 0. The molecule has 0 saturated carbocycles. The van der Waals surface area contributed by atoms with Gasteiger partial charge in [0.25, 0.3) is 0 Å². The number of para-hydroxylation sites is 2. The average Bonchev–Trinajstić information content (AvgIpc) is 3.83. The molecule has 6 nitrogen and oxygen atoms in total. The lowest BCUT2D eigenvalue weighted by molar-refractivity contribution is 0.360. The highest BCUT2D eigenvalue weighted by molar-refractivity contribution is 7.25. The molecule has 3 aromatic heterocycles. The molecule has 0 aliphatic carbocycles. The fourth-order valence-corrected chi connectivity index (χ4v) is 9.22. The third-order valence-corrected chi connectivity index (χ3v) is 12.1. The van der Waals surface area contributed by atoms with E-state index in [9.17, 15) is 0 Å². The van der Waals surface area contributed by atoms with Crippen LogP contribution in [0.3, 0.4) is 0 Å². The highest BCUT2D eigenvalue weighted by Gasteiger charge is 2.22. The van der Waals surface area contributed by atoms with Gasteiger partial charge in [0.05, 0.1) is 11.0 Å². The Morgan fingerprint density at radius 1 is 0.345 bits per heavy atom. The van der Waals surface area contributed by atoms with Crippen LogP contribution in [0.25, 0.3) is 93.0 Å². The second-order valence-corrected chi connectivity index (χ2v) is 15.5. The average molecular weight is 763 g/mol. The van der Waals surface area contributed by atoms with Crippen molar-refractivity contribution in [3.8, 4) is 74.0 Å². The molecule has 58 heavy (non-hydrogen) atoms. The highest BCUT2D eigenvalue weighted by atomic mass is 32.1. The van der Waals surface area contributed by atoms with E-state index >= 15 is 0 Å². The van der Waals surface area contributed by atoms with Gasteiger partial charge in [0, 0.05) is 59.4 Å². The van der Waals surface area contributed by atoms with Crippen LogP contribution in [0.4, 0.5) is 0 Å². The van der Waals surface area contributed by atoms with E-state index in [0.717, 1.165) is 45.0 Å². The van der Waals surface area contributed by atoms with Crippen molar-refractivity contribution in [1.29, 1.82) is 0 Å². The minimum atomic E-state index is 0.605. The maximum atomic E-state index is 6.49. The molecule has 0 radical (unpaired) electrons. The lowest BCUT2D eigenvalue weighted by Crippen LogP contribution is -2.00. The molecule has 0 bridgehead atoms. The minimum Gasteiger partial charge on any atom is -0.449 e. The van der Waals surface area contributed by atoms with E-state index in [0.29, 0.717) is 29.0 Å². The van der Waals surface area contributed by atoms with Crippen molar-refractivity contribution in [2.45, 2.75) is 0 Å². The standard InChI is InChI=1S/C51H30N4O2S/c1-2-10-32(11-3-1)49-52-50(54-51(53-49)34-22-25-36(26-23-34)55-41-15-7-4-12-37(41)38-13-5-8-16-42(38)55)33-20-18-31(19-21-33)35-24-27-43-44(28-35)57-45-29-40-39-14-6-9-17-47(39)58-48(40)30-46(45)56-43/h1-30H. The number of nitrogens with zero attached hydrogens (tertiary/aromatic N) is 4. The molecule has 8 aromatic carbocycles. The van der Waals surface area contributed by atoms with E-state index in [1.54, 1.807) is 11.3 Å². The predicted octanol–water partition coefficient (Wildman–Crippen LogP) is 13.9. The lowest BCUT2D eigenvalue weighted by atomic mass is 10.0. The molecule has 7 heteroatoms. The van der Waals surface area contributed by atoms with Crippen molar-refractivity contribution in [3.63, 3.8) is 0 Å². The molecule has 0 atom stereocenters. The second kappa shape index (κ2) is 13.0. The Morgan fingerprint density at radius 2 is 0.845 bits per heavy atom. The minimum absolute atomic E-state index is 0.605. The van der Waals surface area contributed by atoms with E-state index in [-0.39, 0.29) is 0 Å². The Balaban J connectivity index is 0.877. The quantitative estimate of drug-likeness (QED) is 0.175. The molecule has 0 spiro atoms. The molecule has 1 aliphatic heterocycles. The van der Waals surface area contributed by atoms with E-state index in [1.807, 2.05) is 42.5 Å². The van der Waals surface area contributed by atoms with Crippen LogP contribution in [0, 0.1) is 0 Å². The third-order valence-electron chi connectivity index (χ3n) is 10.9. The zero-order valence-electron chi connectivity index (χ0n) is 30.8. The topological polar surface area (TPSA) is 62.1 Å². The molecule has 12 rings (SSSR count). The Kier molecular flexibility index (Phi) is 7.30. The predicted molar refractivity (Wildman–Crippen MR) is 235 cm³/mol. The van der Waals surface area contributed by atoms with Gasteiger partial charge in [0.15, 0.2) is 40.5 Å². The summed E-state index contributed by atoms with van der Waals surface area (Å²) in [5.41, 5.74) is 8.20. The summed E-state index contributed by atoms with van der Waals surface area (Å²) >= 11 is 1.77. The lowest BCUT2D eigenvalue weighted by Gasteiger charge is -2.21. The summed E-state index contributed by atoms with van der Waals surface area (Å²) in [5, 5.41) is 4.86. The summed E-state index contributed by atoms with van der Waals surface area (Å²) in [5.74, 6) is 4.67. The van der Waals surface area contributed by atoms with Gasteiger partial charge in [-0.2, -0.15) is 0 Å². The first-order valence-electron chi connectivity index (χ1n) is 19.2. The van der Waals surface area contributed by atoms with Gasteiger partial charge in [-0.1, -0.05) is 115 Å². The van der Waals surface area contributed by atoms with Crippen LogP contribution in [-0.4, -0.2) is 19.5 Å². The van der Waals surface area contributed by atoms with Crippen LogP contribution in [0.15, 0.2) is 182 Å². The first-order valence-corrected chi connectivity index (χ1v) is 20.0. The number of hydrogen-bond acceptors (Lipinski definition) is 6. The van der Waals surface area contributed by atoms with Crippen molar-refractivity contribution in [1.82, 2.24) is 19.5 Å². The molecular weight excluding hydrogens is 733 g/mol. The maximum Gasteiger partial charge on any atom is 0.171 e. The van der Waals surface area contributed by atoms with Gasteiger partial charge >= 0.3 is 0 Å². The Bertz CT molecular complexity index is 3340. The molecule has 1 aliphatic rings. The first-order chi connectivity index (χ1) is 28.7. The Morgan fingerprint density at radius 3 is 1.53 bits per heavy atom. The van der Waals surface area contributed by atoms with Crippen LogP contribution in [0.2, 0.25) is 0 Å². The van der Waals surface area contributed by atoms with Gasteiger partial charge < -0.3 is 14.0 Å². The number of benzene rings is 8. The summed E-state index contributed by atoms with van der Waals surface area (Å²) in [6.45, 7) is 0. The van der Waals surface area contributed by atoms with E-state index in [4.69, 9.17) is 24.4 Å². The number of thiophene rings is 1. The van der Waals surface area contributed by atoms with Gasteiger partial charge in [0.2, 0.25) is 0 Å². The van der Waals surface area contributed by atoms with Crippen molar-refractivity contribution in [2.75, 3.05) is 0 Å². The number of fused-ring (bicyclic) bond motifs is 8. The summed E-state index contributed by atoms with van der Waals surface area (Å²) in [4.78, 5) is 15.0. The van der Waals surface area contributed by atoms with Gasteiger partial charge in [-0.3, -0.25) is 0 Å². The summed E-state index contributed by atoms with van der Waals surface area (Å²) in [6.07, 6.45) is 0. The number of rotatable bonds is 5. The first kappa shape index (κ1) is 32.6. The summed E-state index contributed by atoms with van der Waals surface area (Å²) in [6, 6.07) is 62.7. The zero-order chi connectivity index (χ0) is 38.2. The van der Waals surface area contributed by atoms with Crippen LogP contribution < -0.4 is 9.47 Å². The third kappa shape index (κ3) is 5.36. The van der Waals surface area contributed by atoms with Gasteiger partial charge in [-0.15, -0.1) is 11.3 Å². The van der Waals surface area contributed by atoms with Gasteiger partial charge in [-0.05, 0) is 71.8 Å². The number of hydrogen-bond donors (Lipinski definition) is 0. The van der Waals surface area contributed by atoms with Crippen LogP contribution in [0.1, 0.15) is 0 Å². The van der Waals surface area contributed by atoms with E-state index in [1.165, 1.54) is 42.0 Å². The Labute approximate surface area is 336 Å². The second-order valence-electron chi connectivity index (χ2n) is 14.4. The van der Waals surface area contributed by atoms with Crippen LogP contribution >= 0.6 is 11.3 Å². The van der Waals surface area contributed by atoms with Gasteiger partial charge in [-0.25, -0.2) is 15.0 Å². The molecule has 272 valence electrons. The molecule has 0 unspecified atom stereocenters. The largest absolute Gasteiger partial charge is 0.449 e. The maximum absolute atomic E-state index is 6.49. The smallest absolute Gasteiger partial charge is 0.171 e. The van der Waals surface area contributed by atoms with Crippen LogP contribution in [-0.2, 0) is 0 Å². The van der Waals surface area contributed by atoms with Gasteiger partial charge in [0.1, 0.15) is 0 Å². The monoisotopic (exact) mass is 762 g/mol. The molecule has 0 saturated heterocycles. The van der Waals surface area contributed by atoms with Crippen molar-refractivity contribution in [2.24, 2.45) is 0 Å². The van der Waals surface area contributed by atoms with E-state index in [2.05, 4.69) is 144 Å². The molecule has 0 amide bonds. The highest BCUT2D eigenvalue weighted by Crippen LogP contribution is 2.50. The van der Waals surface area contributed by atoms with E-state index < -0.39 is 0 Å². The van der Waals surface area contributed by atoms with Crippen molar-refractivity contribution >= 4 is 53.3 Å². The molecule has 11 aromatic rings. The Hall–Kier alpha value is -7.61. The molecule has 0 N–H and O–H groups in total. The SMILES string of the molecule is c1ccc(-c2nc(-c3ccc(-c4ccc5c(c4)Oc4cc6c(cc4O5)sc4ccccc46)cc3)nc(-c3ccc(-n4c5ccccc5c5ccccc54)cc3)n2)cc1. The molecule has 0 fully saturated rings. The number of aromatic nitrogens is 4. The fourth-order valence-electron chi connectivity index (χ4n) is 8.10. The van der Waals surface area contributed by atoms with Crippen molar-refractivity contribution in [3.05, 3.63) is 182 Å². The summed E-state index contributed by atoms with van der Waals surface area (Å²) < 4.78 is 17.6. The zero-order valence-corrected chi connectivity index (χ0v) is 31.7. The fraction of sp³-hybridized carbons (Fsp3) is 0. The normalized spacial score (nSPS) is 12.1. The molecular formula is C51H30N4O2S. The van der Waals surface area contributed by atoms with Crippen LogP contribution in [0.5, 0.6) is 23.0 Å². The molecule has 4 heterocycles.